The van der Waals surface area contributed by atoms with Gasteiger partial charge in [0.25, 0.3) is 0 Å². The van der Waals surface area contributed by atoms with E-state index in [-0.39, 0.29) is 0 Å². The molecule has 5 heteroatoms. The molecule has 0 radical (unpaired) electrons. The van der Waals surface area contributed by atoms with Gasteiger partial charge in [0.2, 0.25) is 0 Å². The van der Waals surface area contributed by atoms with Crippen LogP contribution in [0.5, 0.6) is 0 Å². The topological polar surface area (TPSA) is 56.7 Å². The Balaban J connectivity index is 2.38. The van der Waals surface area contributed by atoms with Crippen molar-refractivity contribution in [3.63, 3.8) is 0 Å². The first-order valence-electron chi connectivity index (χ1n) is 5.08. The van der Waals surface area contributed by atoms with Crippen molar-refractivity contribution in [2.45, 2.75) is 0 Å². The van der Waals surface area contributed by atoms with E-state index in [0.717, 1.165) is 16.6 Å². The normalized spacial score (nSPS) is 10.9. The number of rotatable bonds is 1. The van der Waals surface area contributed by atoms with Crippen LogP contribution >= 0.6 is 11.6 Å². The maximum atomic E-state index is 5.95. The number of imidazole rings is 1. The molecular formula is C12H9ClN4. The summed E-state index contributed by atoms with van der Waals surface area (Å²) in [6.07, 6.45) is 5.31. The van der Waals surface area contributed by atoms with Gasteiger partial charge in [-0.25, -0.2) is 9.97 Å². The number of nitrogens with zero attached hydrogens (tertiary/aromatic N) is 3. The lowest BCUT2D eigenvalue weighted by molar-refractivity contribution is 1.07. The Morgan fingerprint density at radius 2 is 2.12 bits per heavy atom. The zero-order valence-electron chi connectivity index (χ0n) is 8.84. The number of anilines is 1. The van der Waals surface area contributed by atoms with Crippen LogP contribution in [0.1, 0.15) is 0 Å². The monoisotopic (exact) mass is 244 g/mol. The van der Waals surface area contributed by atoms with E-state index in [2.05, 4.69) is 9.97 Å². The summed E-state index contributed by atoms with van der Waals surface area (Å²) < 4.78 is 1.90. The second-order valence-electron chi connectivity index (χ2n) is 3.70. The van der Waals surface area contributed by atoms with Gasteiger partial charge in [-0.3, -0.25) is 0 Å². The summed E-state index contributed by atoms with van der Waals surface area (Å²) in [6.45, 7) is 0. The predicted molar refractivity (Wildman–Crippen MR) is 68.3 cm³/mol. The number of hydrogen-bond acceptors (Lipinski definition) is 3. The molecule has 2 N–H and O–H groups in total. The molecule has 0 aliphatic rings. The Kier molecular flexibility index (Phi) is 2.23. The highest BCUT2D eigenvalue weighted by Gasteiger charge is 2.06. The summed E-state index contributed by atoms with van der Waals surface area (Å²) in [5, 5.41) is 1.63. The van der Waals surface area contributed by atoms with Crippen molar-refractivity contribution < 1.29 is 0 Å². The number of benzene rings is 1. The zero-order chi connectivity index (χ0) is 11.8. The van der Waals surface area contributed by atoms with Crippen molar-refractivity contribution in [1.82, 2.24) is 14.5 Å². The van der Waals surface area contributed by atoms with Crippen molar-refractivity contribution in [3.05, 3.63) is 48.0 Å². The van der Waals surface area contributed by atoms with E-state index in [9.17, 15) is 0 Å². The molecule has 0 saturated carbocycles. The number of nitrogen functional groups attached to an aromatic ring is 1. The lowest BCUT2D eigenvalue weighted by Crippen LogP contribution is -1.97. The summed E-state index contributed by atoms with van der Waals surface area (Å²) in [5.74, 6) is 0.462. The van der Waals surface area contributed by atoms with E-state index < -0.39 is 0 Å². The highest BCUT2D eigenvalue weighted by atomic mass is 35.5. The van der Waals surface area contributed by atoms with Crippen LogP contribution in [0.25, 0.3) is 16.6 Å². The molecule has 0 unspecified atom stereocenters. The fraction of sp³-hybridized carbons (Fsp3) is 0. The summed E-state index contributed by atoms with van der Waals surface area (Å²) in [4.78, 5) is 8.29. The van der Waals surface area contributed by atoms with E-state index in [4.69, 9.17) is 17.3 Å². The van der Waals surface area contributed by atoms with Crippen LogP contribution < -0.4 is 5.73 Å². The molecule has 17 heavy (non-hydrogen) atoms. The second kappa shape index (κ2) is 3.75. The van der Waals surface area contributed by atoms with Gasteiger partial charge in [0.15, 0.2) is 0 Å². The highest BCUT2D eigenvalue weighted by molar-refractivity contribution is 6.31. The molecule has 0 saturated heterocycles. The second-order valence-corrected chi connectivity index (χ2v) is 4.13. The number of pyridine rings is 1. The predicted octanol–water partition coefficient (Wildman–Crippen LogP) is 2.66. The Labute approximate surface area is 103 Å². The SMILES string of the molecule is Nc1cc(-n2ccnc2)c2ccc(Cl)cc2n1. The van der Waals surface area contributed by atoms with Crippen molar-refractivity contribution in [1.29, 1.82) is 0 Å². The number of halogens is 1. The maximum Gasteiger partial charge on any atom is 0.126 e. The molecule has 0 spiro atoms. The maximum absolute atomic E-state index is 5.95. The van der Waals surface area contributed by atoms with Gasteiger partial charge in [-0.05, 0) is 18.2 Å². The quantitative estimate of drug-likeness (QED) is 0.716. The van der Waals surface area contributed by atoms with Crippen molar-refractivity contribution >= 4 is 28.3 Å². The third kappa shape index (κ3) is 1.72. The van der Waals surface area contributed by atoms with Gasteiger partial charge in [0.1, 0.15) is 5.82 Å². The van der Waals surface area contributed by atoms with Gasteiger partial charge in [-0.15, -0.1) is 0 Å². The van der Waals surface area contributed by atoms with Gasteiger partial charge >= 0.3 is 0 Å². The minimum Gasteiger partial charge on any atom is -0.384 e. The average molecular weight is 245 g/mol. The fourth-order valence-electron chi connectivity index (χ4n) is 1.82. The molecule has 84 valence electrons. The Morgan fingerprint density at radius 3 is 2.88 bits per heavy atom. The Morgan fingerprint density at radius 1 is 1.24 bits per heavy atom. The van der Waals surface area contributed by atoms with Crippen LogP contribution in [0.2, 0.25) is 5.02 Å². The molecule has 3 aromatic rings. The molecule has 3 rings (SSSR count). The largest absolute Gasteiger partial charge is 0.384 e. The molecule has 2 heterocycles. The summed E-state index contributed by atoms with van der Waals surface area (Å²) in [7, 11) is 0. The molecule has 0 amide bonds. The van der Waals surface area contributed by atoms with Crippen LogP contribution in [0, 0.1) is 0 Å². The standard InChI is InChI=1S/C12H9ClN4/c13-8-1-2-9-10(5-8)16-12(14)6-11(9)17-4-3-15-7-17/h1-7H,(H2,14,16). The number of hydrogen-bond donors (Lipinski definition) is 1. The number of fused-ring (bicyclic) bond motifs is 1. The first-order chi connectivity index (χ1) is 8.24. The minimum absolute atomic E-state index is 0.462. The fourth-order valence-corrected chi connectivity index (χ4v) is 1.98. The minimum atomic E-state index is 0.462. The van der Waals surface area contributed by atoms with Gasteiger partial charge in [0, 0.05) is 28.9 Å². The molecule has 0 atom stereocenters. The molecule has 0 aliphatic heterocycles. The summed E-state index contributed by atoms with van der Waals surface area (Å²) in [6, 6.07) is 7.38. The van der Waals surface area contributed by atoms with E-state index in [1.807, 2.05) is 29.0 Å². The third-order valence-corrected chi connectivity index (χ3v) is 2.79. The zero-order valence-corrected chi connectivity index (χ0v) is 9.59. The van der Waals surface area contributed by atoms with Crippen molar-refractivity contribution in [2.24, 2.45) is 0 Å². The van der Waals surface area contributed by atoms with E-state index in [0.29, 0.717) is 10.8 Å². The Bertz CT molecular complexity index is 671. The van der Waals surface area contributed by atoms with Gasteiger partial charge in [-0.1, -0.05) is 11.6 Å². The van der Waals surface area contributed by atoms with Crippen LogP contribution in [0.15, 0.2) is 43.0 Å². The molecule has 0 aliphatic carbocycles. The van der Waals surface area contributed by atoms with Crippen LogP contribution in [0.4, 0.5) is 5.82 Å². The van der Waals surface area contributed by atoms with Crippen molar-refractivity contribution in [3.8, 4) is 5.69 Å². The molecule has 1 aromatic carbocycles. The first kappa shape index (κ1) is 10.1. The molecule has 4 nitrogen and oxygen atoms in total. The van der Waals surface area contributed by atoms with Gasteiger partial charge in [-0.2, -0.15) is 0 Å². The molecule has 0 bridgehead atoms. The number of aromatic nitrogens is 3. The molecule has 0 fully saturated rings. The average Bonchev–Trinajstić information content (AvgIpc) is 2.80. The lowest BCUT2D eigenvalue weighted by Gasteiger charge is -2.08. The van der Waals surface area contributed by atoms with Gasteiger partial charge in [0.05, 0.1) is 17.5 Å². The molecule has 2 aromatic heterocycles. The smallest absolute Gasteiger partial charge is 0.126 e. The third-order valence-electron chi connectivity index (χ3n) is 2.55. The molecular weight excluding hydrogens is 236 g/mol. The summed E-state index contributed by atoms with van der Waals surface area (Å²) >= 11 is 5.95. The van der Waals surface area contributed by atoms with Crippen LogP contribution in [-0.4, -0.2) is 14.5 Å². The first-order valence-corrected chi connectivity index (χ1v) is 5.46. The van der Waals surface area contributed by atoms with E-state index in [1.165, 1.54) is 0 Å². The summed E-state index contributed by atoms with van der Waals surface area (Å²) in [5.41, 5.74) is 7.52. The van der Waals surface area contributed by atoms with Gasteiger partial charge < -0.3 is 10.3 Å². The van der Waals surface area contributed by atoms with Crippen LogP contribution in [0.3, 0.4) is 0 Å². The van der Waals surface area contributed by atoms with E-state index in [1.54, 1.807) is 18.6 Å². The Hall–Kier alpha value is -2.07. The van der Waals surface area contributed by atoms with E-state index >= 15 is 0 Å². The lowest BCUT2D eigenvalue weighted by atomic mass is 10.2. The number of nitrogens with two attached hydrogens (primary N) is 1. The van der Waals surface area contributed by atoms with Crippen LogP contribution in [-0.2, 0) is 0 Å². The van der Waals surface area contributed by atoms with Crippen molar-refractivity contribution in [2.75, 3.05) is 5.73 Å². The highest BCUT2D eigenvalue weighted by Crippen LogP contribution is 2.25.